The van der Waals surface area contributed by atoms with E-state index >= 15 is 0 Å². The molecule has 2 aromatic rings. The van der Waals surface area contributed by atoms with Gasteiger partial charge in [0.15, 0.2) is 4.34 Å². The van der Waals surface area contributed by atoms with Crippen LogP contribution >= 0.6 is 23.1 Å². The highest BCUT2D eigenvalue weighted by molar-refractivity contribution is 8.01. The number of hydrogen-bond donors (Lipinski definition) is 2. The van der Waals surface area contributed by atoms with E-state index in [0.29, 0.717) is 31.2 Å². The molecule has 1 amide bonds. The van der Waals surface area contributed by atoms with E-state index in [0.717, 1.165) is 10.0 Å². The molecule has 0 spiro atoms. The number of aliphatic hydroxyl groups is 1. The van der Waals surface area contributed by atoms with Gasteiger partial charge in [0, 0.05) is 36.6 Å². The Morgan fingerprint density at radius 2 is 2.29 bits per heavy atom. The molecule has 0 bridgehead atoms. The third-order valence-corrected chi connectivity index (χ3v) is 5.86. The fraction of sp³-hybridized carbons (Fsp3) is 0.467. The van der Waals surface area contributed by atoms with Crippen molar-refractivity contribution in [3.05, 3.63) is 29.5 Å². The van der Waals surface area contributed by atoms with Crippen LogP contribution in [0.15, 0.2) is 28.2 Å². The first-order chi connectivity index (χ1) is 11.6. The fourth-order valence-electron chi connectivity index (χ4n) is 2.48. The van der Waals surface area contributed by atoms with Crippen LogP contribution in [0.5, 0.6) is 0 Å². The molecule has 1 fully saturated rings. The maximum absolute atomic E-state index is 12.3. The Labute approximate surface area is 148 Å². The maximum atomic E-state index is 12.3. The molecule has 3 rings (SSSR count). The molecule has 2 aromatic heterocycles. The summed E-state index contributed by atoms with van der Waals surface area (Å²) in [5.74, 6) is 0.872. The molecule has 1 aliphatic heterocycles. The predicted octanol–water partition coefficient (Wildman–Crippen LogP) is 1.41. The summed E-state index contributed by atoms with van der Waals surface area (Å²) in [5.41, 5.74) is 0.973. The van der Waals surface area contributed by atoms with Gasteiger partial charge in [-0.05, 0) is 19.4 Å². The highest BCUT2D eigenvalue weighted by atomic mass is 32.2. The molecular weight excluding hydrogens is 346 g/mol. The number of rotatable bonds is 5. The third kappa shape index (κ3) is 4.43. The molecule has 128 valence electrons. The standard InChI is InChI=1S/C15H19N5O2S2/c1-10-8-23-15(18-10)24-9-13(22)20-6-3-11(12(21)7-20)19-14-16-4-2-5-17-14/h2,4-5,8,11-12,21H,3,6-7,9H2,1H3,(H,16,17,19)/t11-,12-/m1/s1. The molecule has 2 atom stereocenters. The van der Waals surface area contributed by atoms with Crippen molar-refractivity contribution >= 4 is 35.0 Å². The van der Waals surface area contributed by atoms with Gasteiger partial charge in [-0.15, -0.1) is 11.3 Å². The molecule has 7 nitrogen and oxygen atoms in total. The monoisotopic (exact) mass is 365 g/mol. The summed E-state index contributed by atoms with van der Waals surface area (Å²) in [4.78, 5) is 26.6. The van der Waals surface area contributed by atoms with Crippen molar-refractivity contribution in [3.63, 3.8) is 0 Å². The number of likely N-dealkylation sites (tertiary alicyclic amines) is 1. The number of aromatic nitrogens is 3. The Morgan fingerprint density at radius 1 is 1.50 bits per heavy atom. The Morgan fingerprint density at radius 3 is 2.96 bits per heavy atom. The van der Waals surface area contributed by atoms with E-state index in [2.05, 4.69) is 20.3 Å². The summed E-state index contributed by atoms with van der Waals surface area (Å²) in [7, 11) is 0. The number of carbonyl (C=O) groups is 1. The van der Waals surface area contributed by atoms with Crippen LogP contribution in [0, 0.1) is 6.92 Å². The zero-order chi connectivity index (χ0) is 16.9. The van der Waals surface area contributed by atoms with Gasteiger partial charge in [0.2, 0.25) is 11.9 Å². The topological polar surface area (TPSA) is 91.2 Å². The van der Waals surface area contributed by atoms with Crippen LogP contribution in [0.25, 0.3) is 0 Å². The lowest BCUT2D eigenvalue weighted by Crippen LogP contribution is -2.52. The number of thiazole rings is 1. The summed E-state index contributed by atoms with van der Waals surface area (Å²) in [5, 5.41) is 15.4. The third-order valence-electron chi connectivity index (χ3n) is 3.73. The van der Waals surface area contributed by atoms with Gasteiger partial charge < -0.3 is 15.3 Å². The number of anilines is 1. The predicted molar refractivity (Wildman–Crippen MR) is 94.2 cm³/mol. The normalized spacial score (nSPS) is 20.8. The smallest absolute Gasteiger partial charge is 0.233 e. The molecule has 3 heterocycles. The number of nitrogens with zero attached hydrogens (tertiary/aromatic N) is 4. The second-order valence-electron chi connectivity index (χ2n) is 5.56. The molecule has 0 radical (unpaired) electrons. The molecular formula is C15H19N5O2S2. The lowest BCUT2D eigenvalue weighted by atomic mass is 10.0. The average molecular weight is 365 g/mol. The van der Waals surface area contributed by atoms with Crippen molar-refractivity contribution in [2.45, 2.75) is 29.8 Å². The minimum absolute atomic E-state index is 0.0290. The van der Waals surface area contributed by atoms with E-state index in [-0.39, 0.29) is 11.9 Å². The van der Waals surface area contributed by atoms with Crippen LogP contribution in [0.1, 0.15) is 12.1 Å². The van der Waals surface area contributed by atoms with Crippen molar-refractivity contribution in [3.8, 4) is 0 Å². The van der Waals surface area contributed by atoms with Gasteiger partial charge in [0.1, 0.15) is 0 Å². The van der Waals surface area contributed by atoms with Crippen molar-refractivity contribution in [2.75, 3.05) is 24.2 Å². The minimum atomic E-state index is -0.640. The van der Waals surface area contributed by atoms with E-state index in [1.165, 1.54) is 11.8 Å². The van der Waals surface area contributed by atoms with E-state index in [9.17, 15) is 9.90 Å². The zero-order valence-corrected chi connectivity index (χ0v) is 14.9. The Hall–Kier alpha value is -1.71. The molecule has 1 aliphatic rings. The number of carbonyl (C=O) groups excluding carboxylic acids is 1. The molecule has 0 aromatic carbocycles. The van der Waals surface area contributed by atoms with Gasteiger partial charge >= 0.3 is 0 Å². The summed E-state index contributed by atoms with van der Waals surface area (Å²) < 4.78 is 0.902. The Bertz CT molecular complexity index is 682. The fourth-order valence-corrected chi connectivity index (χ4v) is 4.23. The van der Waals surface area contributed by atoms with Crippen molar-refractivity contribution in [1.82, 2.24) is 19.9 Å². The van der Waals surface area contributed by atoms with E-state index < -0.39 is 6.10 Å². The van der Waals surface area contributed by atoms with Crippen molar-refractivity contribution < 1.29 is 9.90 Å². The lowest BCUT2D eigenvalue weighted by molar-refractivity contribution is -0.131. The summed E-state index contributed by atoms with van der Waals surface area (Å²) in [6.07, 6.45) is 3.32. The van der Waals surface area contributed by atoms with E-state index in [1.807, 2.05) is 12.3 Å². The number of β-amino-alcohol motifs (C(OH)–C–C–N with tert-alkyl or cyclic N) is 1. The number of amides is 1. The van der Waals surface area contributed by atoms with Crippen molar-refractivity contribution in [2.24, 2.45) is 0 Å². The molecule has 24 heavy (non-hydrogen) atoms. The number of thioether (sulfide) groups is 1. The highest BCUT2D eigenvalue weighted by Crippen LogP contribution is 2.23. The van der Waals surface area contributed by atoms with Crippen LogP contribution in [-0.4, -0.2) is 61.9 Å². The molecule has 0 unspecified atom stereocenters. The van der Waals surface area contributed by atoms with Crippen LogP contribution < -0.4 is 5.32 Å². The number of nitrogens with one attached hydrogen (secondary N) is 1. The van der Waals surface area contributed by atoms with Crippen LogP contribution in [0.3, 0.4) is 0 Å². The molecule has 0 aliphatic carbocycles. The molecule has 0 saturated carbocycles. The van der Waals surface area contributed by atoms with E-state index in [1.54, 1.807) is 34.7 Å². The quantitative estimate of drug-likeness (QED) is 0.774. The van der Waals surface area contributed by atoms with Gasteiger partial charge in [0.05, 0.1) is 17.9 Å². The SMILES string of the molecule is Cc1csc(SCC(=O)N2CC[C@@H](Nc3ncccn3)[C@H](O)C2)n1. The largest absolute Gasteiger partial charge is 0.389 e. The van der Waals surface area contributed by atoms with Crippen LogP contribution in [0.2, 0.25) is 0 Å². The maximum Gasteiger partial charge on any atom is 0.233 e. The van der Waals surface area contributed by atoms with Gasteiger partial charge in [-0.1, -0.05) is 11.8 Å². The van der Waals surface area contributed by atoms with Crippen LogP contribution in [-0.2, 0) is 4.79 Å². The van der Waals surface area contributed by atoms with Gasteiger partial charge in [0.25, 0.3) is 0 Å². The second kappa shape index (κ2) is 7.91. The Kier molecular flexibility index (Phi) is 5.64. The second-order valence-corrected chi connectivity index (χ2v) is 7.64. The Balaban J connectivity index is 1.48. The average Bonchev–Trinajstić information content (AvgIpc) is 3.01. The summed E-state index contributed by atoms with van der Waals surface area (Å²) >= 11 is 2.99. The number of hydrogen-bond acceptors (Lipinski definition) is 8. The first-order valence-electron chi connectivity index (χ1n) is 7.66. The highest BCUT2D eigenvalue weighted by Gasteiger charge is 2.30. The minimum Gasteiger partial charge on any atom is -0.389 e. The molecule has 1 saturated heterocycles. The van der Waals surface area contributed by atoms with Gasteiger partial charge in [-0.25, -0.2) is 15.0 Å². The molecule has 2 N–H and O–H groups in total. The number of aryl methyl sites for hydroxylation is 1. The van der Waals surface area contributed by atoms with Crippen LogP contribution in [0.4, 0.5) is 5.95 Å². The summed E-state index contributed by atoms with van der Waals surface area (Å²) in [6, 6.07) is 1.59. The van der Waals surface area contributed by atoms with Gasteiger partial charge in [-0.2, -0.15) is 0 Å². The number of piperidine rings is 1. The first kappa shape index (κ1) is 17.1. The van der Waals surface area contributed by atoms with Gasteiger partial charge in [-0.3, -0.25) is 4.79 Å². The first-order valence-corrected chi connectivity index (χ1v) is 9.52. The lowest BCUT2D eigenvalue weighted by Gasteiger charge is -2.36. The van der Waals surface area contributed by atoms with E-state index in [4.69, 9.17) is 0 Å². The summed E-state index contributed by atoms with van der Waals surface area (Å²) in [6.45, 7) is 2.87. The van der Waals surface area contributed by atoms with Crippen molar-refractivity contribution in [1.29, 1.82) is 0 Å². The molecule has 9 heteroatoms. The zero-order valence-electron chi connectivity index (χ0n) is 13.3. The number of aliphatic hydroxyl groups excluding tert-OH is 1.